The van der Waals surface area contributed by atoms with E-state index in [-0.39, 0.29) is 5.91 Å². The normalized spacial score (nSPS) is 17.2. The predicted molar refractivity (Wildman–Crippen MR) is 143 cm³/mol. The molecule has 0 spiro atoms. The van der Waals surface area contributed by atoms with E-state index in [0.29, 0.717) is 27.9 Å². The van der Waals surface area contributed by atoms with Gasteiger partial charge in [0.05, 0.1) is 34.5 Å². The van der Waals surface area contributed by atoms with Crippen molar-refractivity contribution in [3.05, 3.63) is 101 Å². The highest BCUT2D eigenvalue weighted by Crippen LogP contribution is 2.38. The Labute approximate surface area is 209 Å². The summed E-state index contributed by atoms with van der Waals surface area (Å²) < 4.78 is 0. The molecule has 0 unspecified atom stereocenters. The third-order valence-corrected chi connectivity index (χ3v) is 6.97. The van der Waals surface area contributed by atoms with Gasteiger partial charge >= 0.3 is 0 Å². The second-order valence-electron chi connectivity index (χ2n) is 8.31. The van der Waals surface area contributed by atoms with Gasteiger partial charge in [-0.2, -0.15) is 5.26 Å². The first kappa shape index (κ1) is 22.8. The molecular weight excluding hydrogens is 454 g/mol. The summed E-state index contributed by atoms with van der Waals surface area (Å²) >= 11 is 1.38. The van der Waals surface area contributed by atoms with E-state index >= 15 is 0 Å². The van der Waals surface area contributed by atoms with Crippen molar-refractivity contribution >= 4 is 39.9 Å². The van der Waals surface area contributed by atoms with Crippen molar-refractivity contribution in [2.24, 2.45) is 4.99 Å². The SMILES string of the molecule is CCNc1ccc(C#N)cc1/N=C1/S/C(=C\N2CCc3ccccc32)C(=O)N1Cc1ccccc1. The van der Waals surface area contributed by atoms with E-state index in [0.717, 1.165) is 36.4 Å². The van der Waals surface area contributed by atoms with Crippen LogP contribution in [0.5, 0.6) is 0 Å². The second kappa shape index (κ2) is 10.1. The summed E-state index contributed by atoms with van der Waals surface area (Å²) in [6.45, 7) is 4.01. The molecule has 0 bridgehead atoms. The van der Waals surface area contributed by atoms with Crippen molar-refractivity contribution in [2.75, 3.05) is 23.3 Å². The molecule has 1 N–H and O–H groups in total. The molecular formula is C28H25N5OS. The number of benzene rings is 3. The molecule has 1 fully saturated rings. The van der Waals surface area contributed by atoms with Gasteiger partial charge in [-0.05, 0) is 60.5 Å². The minimum Gasteiger partial charge on any atom is -0.384 e. The zero-order valence-electron chi connectivity index (χ0n) is 19.4. The highest BCUT2D eigenvalue weighted by molar-refractivity contribution is 8.18. The van der Waals surface area contributed by atoms with Gasteiger partial charge in [-0.25, -0.2) is 4.99 Å². The summed E-state index contributed by atoms with van der Waals surface area (Å²) in [4.78, 5) is 23.0. The minimum absolute atomic E-state index is 0.0663. The van der Waals surface area contributed by atoms with Crippen molar-refractivity contribution in [3.63, 3.8) is 0 Å². The molecule has 2 aliphatic heterocycles. The fourth-order valence-electron chi connectivity index (χ4n) is 4.26. The number of para-hydroxylation sites is 1. The third kappa shape index (κ3) is 4.79. The molecule has 1 amide bonds. The maximum atomic E-state index is 13.6. The Morgan fingerprint density at radius 3 is 2.71 bits per heavy atom. The fourth-order valence-corrected chi connectivity index (χ4v) is 5.24. The van der Waals surface area contributed by atoms with Gasteiger partial charge in [0.1, 0.15) is 0 Å². The number of aliphatic imine (C=N–C) groups is 1. The van der Waals surface area contributed by atoms with Gasteiger partial charge in [0, 0.05) is 25.0 Å². The van der Waals surface area contributed by atoms with E-state index in [1.54, 1.807) is 17.0 Å². The molecule has 2 heterocycles. The van der Waals surface area contributed by atoms with Gasteiger partial charge in [-0.3, -0.25) is 9.69 Å². The van der Waals surface area contributed by atoms with Crippen molar-refractivity contribution < 1.29 is 4.79 Å². The summed E-state index contributed by atoms with van der Waals surface area (Å²) in [7, 11) is 0. The monoisotopic (exact) mass is 479 g/mol. The molecule has 3 aromatic carbocycles. The largest absolute Gasteiger partial charge is 0.384 e. The van der Waals surface area contributed by atoms with Crippen LogP contribution in [-0.4, -0.2) is 29.1 Å². The fraction of sp³-hybridized carbons (Fsp3) is 0.179. The first-order valence-corrected chi connectivity index (χ1v) is 12.4. The van der Waals surface area contributed by atoms with E-state index in [9.17, 15) is 10.1 Å². The zero-order chi connectivity index (χ0) is 24.2. The Morgan fingerprint density at radius 1 is 1.11 bits per heavy atom. The van der Waals surface area contributed by atoms with Gasteiger partial charge in [0.2, 0.25) is 0 Å². The highest BCUT2D eigenvalue weighted by Gasteiger charge is 2.35. The zero-order valence-corrected chi connectivity index (χ0v) is 20.3. The third-order valence-electron chi connectivity index (χ3n) is 5.98. The first-order valence-electron chi connectivity index (χ1n) is 11.6. The molecule has 35 heavy (non-hydrogen) atoms. The van der Waals surface area contributed by atoms with E-state index in [4.69, 9.17) is 4.99 Å². The Kier molecular flexibility index (Phi) is 6.55. The predicted octanol–water partition coefficient (Wildman–Crippen LogP) is 5.66. The quantitative estimate of drug-likeness (QED) is 0.462. The van der Waals surface area contributed by atoms with Crippen molar-refractivity contribution in [2.45, 2.75) is 19.9 Å². The Morgan fingerprint density at radius 2 is 1.91 bits per heavy atom. The average molecular weight is 480 g/mol. The van der Waals surface area contributed by atoms with Crippen LogP contribution in [0.1, 0.15) is 23.6 Å². The molecule has 0 aromatic heterocycles. The van der Waals surface area contributed by atoms with Crippen LogP contribution in [0.2, 0.25) is 0 Å². The molecule has 7 heteroatoms. The molecule has 6 nitrogen and oxygen atoms in total. The summed E-state index contributed by atoms with van der Waals surface area (Å²) in [5.74, 6) is -0.0663. The number of rotatable bonds is 6. The lowest BCUT2D eigenvalue weighted by Gasteiger charge is -2.17. The number of hydrogen-bond donors (Lipinski definition) is 1. The van der Waals surface area contributed by atoms with Crippen molar-refractivity contribution in [1.29, 1.82) is 5.26 Å². The Hall–Kier alpha value is -4.02. The van der Waals surface area contributed by atoms with Crippen LogP contribution in [0.4, 0.5) is 17.1 Å². The molecule has 0 atom stereocenters. The Balaban J connectivity index is 1.54. The molecule has 3 aromatic rings. The van der Waals surface area contributed by atoms with Crippen LogP contribution in [0.25, 0.3) is 0 Å². The van der Waals surface area contributed by atoms with Gasteiger partial charge in [0.25, 0.3) is 5.91 Å². The topological polar surface area (TPSA) is 71.7 Å². The first-order chi connectivity index (χ1) is 17.2. The number of anilines is 2. The number of fused-ring (bicyclic) bond motifs is 1. The molecule has 5 rings (SSSR count). The van der Waals surface area contributed by atoms with E-state index in [2.05, 4.69) is 34.5 Å². The highest BCUT2D eigenvalue weighted by atomic mass is 32.2. The number of nitrogens with one attached hydrogen (secondary N) is 1. The summed E-state index contributed by atoms with van der Waals surface area (Å²) in [5.41, 5.74) is 5.46. The summed E-state index contributed by atoms with van der Waals surface area (Å²) in [6.07, 6.45) is 2.91. The Bertz CT molecular complexity index is 1360. The number of amidine groups is 1. The maximum Gasteiger partial charge on any atom is 0.268 e. The van der Waals surface area contributed by atoms with Crippen molar-refractivity contribution in [3.8, 4) is 6.07 Å². The van der Waals surface area contributed by atoms with Crippen LogP contribution in [0.3, 0.4) is 0 Å². The van der Waals surface area contributed by atoms with Gasteiger partial charge in [-0.1, -0.05) is 48.5 Å². The van der Waals surface area contributed by atoms with Gasteiger partial charge in [-0.15, -0.1) is 0 Å². The molecule has 0 radical (unpaired) electrons. The van der Waals surface area contributed by atoms with E-state index in [1.807, 2.05) is 55.6 Å². The lowest BCUT2D eigenvalue weighted by Crippen LogP contribution is -2.29. The smallest absolute Gasteiger partial charge is 0.268 e. The average Bonchev–Trinajstić information content (AvgIpc) is 3.42. The van der Waals surface area contributed by atoms with E-state index < -0.39 is 0 Å². The standard InChI is InChI=1S/C28H25N5OS/c1-2-30-23-13-12-21(17-29)16-24(23)31-28-33(18-20-8-4-3-5-9-20)27(34)26(35-28)19-32-15-14-22-10-6-7-11-25(22)32/h3-13,16,19,30H,2,14-15,18H2,1H3/b26-19-,31-28+. The summed E-state index contributed by atoms with van der Waals surface area (Å²) in [5, 5.41) is 13.3. The minimum atomic E-state index is -0.0663. The number of amides is 1. The van der Waals surface area contributed by atoms with E-state index in [1.165, 1.54) is 17.3 Å². The number of carbonyl (C=O) groups excluding carboxylic acids is 1. The van der Waals surface area contributed by atoms with Crippen LogP contribution >= 0.6 is 11.8 Å². The number of thioether (sulfide) groups is 1. The number of carbonyl (C=O) groups is 1. The number of nitrogens with zero attached hydrogens (tertiary/aromatic N) is 4. The van der Waals surface area contributed by atoms with Crippen LogP contribution < -0.4 is 10.2 Å². The van der Waals surface area contributed by atoms with Gasteiger partial charge < -0.3 is 10.2 Å². The van der Waals surface area contributed by atoms with Crippen LogP contribution in [-0.2, 0) is 17.8 Å². The molecule has 1 saturated heterocycles. The lowest BCUT2D eigenvalue weighted by atomic mass is 10.2. The molecule has 0 aliphatic carbocycles. The molecule has 2 aliphatic rings. The summed E-state index contributed by atoms with van der Waals surface area (Å²) in [6, 6.07) is 25.8. The van der Waals surface area contributed by atoms with Crippen LogP contribution in [0.15, 0.2) is 88.9 Å². The molecule has 174 valence electrons. The van der Waals surface area contributed by atoms with Crippen LogP contribution in [0, 0.1) is 11.3 Å². The second-order valence-corrected chi connectivity index (χ2v) is 9.32. The lowest BCUT2D eigenvalue weighted by molar-refractivity contribution is -0.122. The van der Waals surface area contributed by atoms with Crippen molar-refractivity contribution in [1.82, 2.24) is 4.90 Å². The van der Waals surface area contributed by atoms with Gasteiger partial charge in [0.15, 0.2) is 5.17 Å². The maximum absolute atomic E-state index is 13.6. The molecule has 0 saturated carbocycles. The number of nitriles is 1. The number of hydrogen-bond acceptors (Lipinski definition) is 6.